The van der Waals surface area contributed by atoms with Gasteiger partial charge in [-0.25, -0.2) is 0 Å². The summed E-state index contributed by atoms with van der Waals surface area (Å²) in [7, 11) is 0. The minimum atomic E-state index is -1.10. The van der Waals surface area contributed by atoms with Crippen LogP contribution in [0, 0.1) is 0 Å². The van der Waals surface area contributed by atoms with Gasteiger partial charge in [0, 0.05) is 0 Å². The van der Waals surface area contributed by atoms with Gasteiger partial charge in [0.1, 0.15) is 6.10 Å². The molecule has 0 fully saturated rings. The van der Waals surface area contributed by atoms with E-state index in [9.17, 15) is 20.1 Å². The number of aliphatic hydroxyl groups excluding tert-OH is 3. The smallest absolute Gasteiger partial charge is 0.249 e. The van der Waals surface area contributed by atoms with Crippen molar-refractivity contribution in [3.63, 3.8) is 0 Å². The van der Waals surface area contributed by atoms with Crippen LogP contribution in [0.2, 0.25) is 0 Å². The third kappa shape index (κ3) is 33.1. The van der Waals surface area contributed by atoms with Crippen LogP contribution in [0.5, 0.6) is 0 Å². The molecule has 5 heteroatoms. The third-order valence-electron chi connectivity index (χ3n) is 9.46. The summed E-state index contributed by atoms with van der Waals surface area (Å²) in [5.41, 5.74) is 0. The first-order valence-corrected chi connectivity index (χ1v) is 20.8. The van der Waals surface area contributed by atoms with E-state index in [4.69, 9.17) is 0 Å². The number of hydrogen-bond acceptors (Lipinski definition) is 4. The first kappa shape index (κ1) is 46.6. The quantitative estimate of drug-likeness (QED) is 0.0390. The molecule has 3 atom stereocenters. The van der Waals surface area contributed by atoms with E-state index in [1.165, 1.54) is 141 Å². The van der Waals surface area contributed by atoms with Crippen LogP contribution in [0.4, 0.5) is 0 Å². The van der Waals surface area contributed by atoms with Gasteiger partial charge in [0.05, 0.1) is 18.8 Å². The zero-order valence-corrected chi connectivity index (χ0v) is 31.9. The predicted octanol–water partition coefficient (Wildman–Crippen LogP) is 11.6. The van der Waals surface area contributed by atoms with Gasteiger partial charge in [-0.1, -0.05) is 198 Å². The molecule has 5 nitrogen and oxygen atoms in total. The van der Waals surface area contributed by atoms with Crippen LogP contribution < -0.4 is 5.32 Å². The Hall–Kier alpha value is -1.43. The van der Waals surface area contributed by atoms with Gasteiger partial charge in [0.15, 0.2) is 0 Å². The fourth-order valence-electron chi connectivity index (χ4n) is 6.16. The lowest BCUT2D eigenvalue weighted by atomic mass is 10.0. The van der Waals surface area contributed by atoms with Gasteiger partial charge < -0.3 is 20.6 Å². The van der Waals surface area contributed by atoms with Crippen LogP contribution in [-0.2, 0) is 4.79 Å². The number of allylic oxidation sites excluding steroid dienone is 5. The molecular weight excluding hydrogens is 594 g/mol. The van der Waals surface area contributed by atoms with Gasteiger partial charge in [-0.05, 0) is 44.9 Å². The molecule has 48 heavy (non-hydrogen) atoms. The second kappa shape index (κ2) is 38.4. The monoisotopic (exact) mass is 676 g/mol. The molecule has 0 aromatic rings. The Kier molecular flexibility index (Phi) is 37.2. The number of carbonyl (C=O) groups excluding carboxylic acids is 1. The SMILES string of the molecule is CCCCCCCCC/C=C/CC/C=C/CC/C=C/C(O)C(CO)NC(=O)C(O)CCCCCCCCCCCCCCCCCCC. The highest BCUT2D eigenvalue weighted by atomic mass is 16.3. The number of nitrogens with one attached hydrogen (secondary N) is 1. The lowest BCUT2D eigenvalue weighted by Gasteiger charge is -2.21. The number of rotatable bonds is 37. The van der Waals surface area contributed by atoms with Crippen molar-refractivity contribution in [3.8, 4) is 0 Å². The predicted molar refractivity (Wildman–Crippen MR) is 208 cm³/mol. The van der Waals surface area contributed by atoms with E-state index in [0.717, 1.165) is 44.9 Å². The number of unbranched alkanes of at least 4 members (excludes halogenated alkanes) is 25. The molecule has 4 N–H and O–H groups in total. The van der Waals surface area contributed by atoms with Crippen molar-refractivity contribution in [1.82, 2.24) is 5.32 Å². The van der Waals surface area contributed by atoms with Crippen LogP contribution in [0.25, 0.3) is 0 Å². The Morgan fingerprint density at radius 1 is 0.500 bits per heavy atom. The van der Waals surface area contributed by atoms with Crippen LogP contribution in [0.15, 0.2) is 36.5 Å². The average Bonchev–Trinajstić information content (AvgIpc) is 3.09. The summed E-state index contributed by atoms with van der Waals surface area (Å²) < 4.78 is 0. The van der Waals surface area contributed by atoms with Gasteiger partial charge >= 0.3 is 0 Å². The molecule has 0 aromatic carbocycles. The molecule has 0 rings (SSSR count). The highest BCUT2D eigenvalue weighted by molar-refractivity contribution is 5.80. The Balaban J connectivity index is 3.76. The molecule has 0 radical (unpaired) electrons. The molecule has 0 aliphatic heterocycles. The second-order valence-corrected chi connectivity index (χ2v) is 14.2. The topological polar surface area (TPSA) is 89.8 Å². The summed E-state index contributed by atoms with van der Waals surface area (Å²) in [5, 5.41) is 33.0. The largest absolute Gasteiger partial charge is 0.394 e. The molecule has 282 valence electrons. The molecule has 0 aromatic heterocycles. The highest BCUT2D eigenvalue weighted by Crippen LogP contribution is 2.15. The zero-order valence-electron chi connectivity index (χ0n) is 31.9. The number of amides is 1. The van der Waals surface area contributed by atoms with Crippen molar-refractivity contribution in [2.75, 3.05) is 6.61 Å². The first-order valence-electron chi connectivity index (χ1n) is 20.8. The van der Waals surface area contributed by atoms with E-state index in [1.54, 1.807) is 6.08 Å². The maximum absolute atomic E-state index is 12.4. The van der Waals surface area contributed by atoms with Crippen LogP contribution in [-0.4, -0.2) is 46.1 Å². The zero-order chi connectivity index (χ0) is 35.2. The maximum Gasteiger partial charge on any atom is 0.249 e. The molecule has 0 heterocycles. The molecule has 0 spiro atoms. The van der Waals surface area contributed by atoms with E-state index < -0.39 is 24.2 Å². The molecule has 0 aliphatic carbocycles. The average molecular weight is 676 g/mol. The standard InChI is InChI=1S/C43H81NO4/c1-3-5-7-9-11-13-15-17-19-21-23-25-27-29-31-33-35-37-41(46)40(39-45)44-43(48)42(47)38-36-34-32-30-28-26-24-22-20-18-16-14-12-10-8-6-4-2/h19,21,27,29,35,37,40-42,45-47H,3-18,20,22-26,28,30-34,36,38-39H2,1-2H3,(H,44,48)/b21-19+,29-27+,37-35+. The van der Waals surface area contributed by atoms with Crippen molar-refractivity contribution < 1.29 is 20.1 Å². The molecule has 0 aliphatic rings. The lowest BCUT2D eigenvalue weighted by Crippen LogP contribution is -2.48. The van der Waals surface area contributed by atoms with Gasteiger partial charge in [0.25, 0.3) is 0 Å². The highest BCUT2D eigenvalue weighted by Gasteiger charge is 2.22. The van der Waals surface area contributed by atoms with Crippen LogP contribution >= 0.6 is 0 Å². The number of hydrogen-bond donors (Lipinski definition) is 4. The van der Waals surface area contributed by atoms with Crippen molar-refractivity contribution in [2.24, 2.45) is 0 Å². The molecule has 3 unspecified atom stereocenters. The normalized spacial score (nSPS) is 14.0. The summed E-state index contributed by atoms with van der Waals surface area (Å²) in [5.74, 6) is -0.516. The molecule has 0 saturated heterocycles. The second-order valence-electron chi connectivity index (χ2n) is 14.2. The van der Waals surface area contributed by atoms with E-state index >= 15 is 0 Å². The van der Waals surface area contributed by atoms with E-state index in [0.29, 0.717) is 6.42 Å². The van der Waals surface area contributed by atoms with Gasteiger partial charge in [-0.15, -0.1) is 0 Å². The maximum atomic E-state index is 12.4. The molecule has 1 amide bonds. The van der Waals surface area contributed by atoms with Crippen LogP contribution in [0.3, 0.4) is 0 Å². The van der Waals surface area contributed by atoms with Crippen molar-refractivity contribution in [2.45, 2.75) is 225 Å². The summed E-state index contributed by atoms with van der Waals surface area (Å²) in [6.45, 7) is 4.16. The van der Waals surface area contributed by atoms with E-state index in [1.807, 2.05) is 6.08 Å². The Morgan fingerprint density at radius 2 is 0.854 bits per heavy atom. The minimum Gasteiger partial charge on any atom is -0.394 e. The van der Waals surface area contributed by atoms with Crippen LogP contribution in [0.1, 0.15) is 206 Å². The Bertz CT molecular complexity index is 749. The third-order valence-corrected chi connectivity index (χ3v) is 9.46. The number of aliphatic hydroxyl groups is 3. The summed E-state index contributed by atoms with van der Waals surface area (Å²) in [6, 6.07) is -0.817. The van der Waals surface area contributed by atoms with E-state index in [-0.39, 0.29) is 6.61 Å². The van der Waals surface area contributed by atoms with Crippen molar-refractivity contribution >= 4 is 5.91 Å². The summed E-state index contributed by atoms with van der Waals surface area (Å²) >= 11 is 0. The molecule has 0 bridgehead atoms. The van der Waals surface area contributed by atoms with Gasteiger partial charge in [-0.2, -0.15) is 0 Å². The Morgan fingerprint density at radius 3 is 1.27 bits per heavy atom. The molecule has 0 saturated carbocycles. The Labute approximate surface area is 298 Å². The summed E-state index contributed by atoms with van der Waals surface area (Å²) in [4.78, 5) is 12.4. The fraction of sp³-hybridized carbons (Fsp3) is 0.837. The van der Waals surface area contributed by atoms with Crippen molar-refractivity contribution in [1.29, 1.82) is 0 Å². The van der Waals surface area contributed by atoms with Gasteiger partial charge in [-0.3, -0.25) is 4.79 Å². The summed E-state index contributed by atoms with van der Waals surface area (Å²) in [6.07, 6.45) is 47.4. The fourth-order valence-corrected chi connectivity index (χ4v) is 6.16. The number of carbonyl (C=O) groups is 1. The lowest BCUT2D eigenvalue weighted by molar-refractivity contribution is -0.131. The van der Waals surface area contributed by atoms with E-state index in [2.05, 4.69) is 43.5 Å². The van der Waals surface area contributed by atoms with Gasteiger partial charge in [0.2, 0.25) is 5.91 Å². The minimum absolute atomic E-state index is 0.379. The molecular formula is C43H81NO4. The first-order chi connectivity index (χ1) is 23.6. The van der Waals surface area contributed by atoms with Crippen molar-refractivity contribution in [3.05, 3.63) is 36.5 Å².